The standard InChI is InChI=1S/C7H10O3/c1-3-5(2)7(8)10-6-4-9-6/h3,6H,4H2,1-2H3. The Morgan fingerprint density at radius 1 is 1.80 bits per heavy atom. The average molecular weight is 142 g/mol. The first-order chi connectivity index (χ1) is 4.74. The van der Waals surface area contributed by atoms with Crippen molar-refractivity contribution in [2.75, 3.05) is 6.61 Å². The molecule has 0 radical (unpaired) electrons. The molecule has 0 aliphatic carbocycles. The number of esters is 1. The molecule has 0 aromatic carbocycles. The van der Waals surface area contributed by atoms with Crippen LogP contribution in [-0.4, -0.2) is 18.9 Å². The molecule has 0 amide bonds. The summed E-state index contributed by atoms with van der Waals surface area (Å²) in [4.78, 5) is 10.9. The van der Waals surface area contributed by atoms with Crippen LogP contribution < -0.4 is 0 Å². The maximum Gasteiger partial charge on any atom is 0.335 e. The van der Waals surface area contributed by atoms with Crippen molar-refractivity contribution in [3.05, 3.63) is 11.6 Å². The fraction of sp³-hybridized carbons (Fsp3) is 0.571. The van der Waals surface area contributed by atoms with E-state index in [4.69, 9.17) is 9.47 Å². The molecule has 0 saturated carbocycles. The Balaban J connectivity index is 2.32. The summed E-state index contributed by atoms with van der Waals surface area (Å²) in [6.07, 6.45) is 1.44. The molecule has 1 saturated heterocycles. The maximum absolute atomic E-state index is 10.9. The van der Waals surface area contributed by atoms with E-state index in [2.05, 4.69) is 0 Å². The second-order valence-electron chi connectivity index (χ2n) is 2.14. The number of carbonyl (C=O) groups excluding carboxylic acids is 1. The molecule has 0 spiro atoms. The second kappa shape index (κ2) is 2.84. The van der Waals surface area contributed by atoms with Crippen LogP contribution in [0.25, 0.3) is 0 Å². The Hall–Kier alpha value is -0.830. The predicted octanol–water partition coefficient (Wildman–Crippen LogP) is 0.852. The van der Waals surface area contributed by atoms with E-state index in [1.807, 2.05) is 0 Å². The molecule has 0 aromatic heterocycles. The molecule has 1 fully saturated rings. The molecule has 0 N–H and O–H groups in total. The van der Waals surface area contributed by atoms with E-state index >= 15 is 0 Å². The predicted molar refractivity (Wildman–Crippen MR) is 35.3 cm³/mol. The first-order valence-electron chi connectivity index (χ1n) is 3.19. The van der Waals surface area contributed by atoms with Crippen LogP contribution in [0.2, 0.25) is 0 Å². The van der Waals surface area contributed by atoms with Crippen LogP contribution in [0.15, 0.2) is 11.6 Å². The van der Waals surface area contributed by atoms with Crippen molar-refractivity contribution in [3.8, 4) is 0 Å². The molecule has 3 nitrogen and oxygen atoms in total. The van der Waals surface area contributed by atoms with Gasteiger partial charge in [-0.2, -0.15) is 0 Å². The highest BCUT2D eigenvalue weighted by Gasteiger charge is 2.27. The summed E-state index contributed by atoms with van der Waals surface area (Å²) < 4.78 is 9.49. The summed E-state index contributed by atoms with van der Waals surface area (Å²) in [6, 6.07) is 0. The lowest BCUT2D eigenvalue weighted by Crippen LogP contribution is -2.07. The number of carbonyl (C=O) groups is 1. The van der Waals surface area contributed by atoms with Gasteiger partial charge in [-0.25, -0.2) is 4.79 Å². The van der Waals surface area contributed by atoms with Crippen LogP contribution in [0, 0.1) is 0 Å². The summed E-state index contributed by atoms with van der Waals surface area (Å²) in [5.41, 5.74) is 0.621. The van der Waals surface area contributed by atoms with Gasteiger partial charge in [0.15, 0.2) is 0 Å². The van der Waals surface area contributed by atoms with E-state index in [0.717, 1.165) is 0 Å². The number of rotatable bonds is 2. The molecule has 0 aromatic rings. The van der Waals surface area contributed by atoms with Crippen LogP contribution in [0.5, 0.6) is 0 Å². The van der Waals surface area contributed by atoms with Crippen LogP contribution in [0.4, 0.5) is 0 Å². The number of epoxide rings is 1. The molecule has 1 heterocycles. The molecule has 1 aliphatic heterocycles. The van der Waals surface area contributed by atoms with Crippen molar-refractivity contribution < 1.29 is 14.3 Å². The summed E-state index contributed by atoms with van der Waals surface area (Å²) >= 11 is 0. The van der Waals surface area contributed by atoms with Crippen LogP contribution in [0.3, 0.4) is 0 Å². The van der Waals surface area contributed by atoms with E-state index in [1.54, 1.807) is 19.9 Å². The van der Waals surface area contributed by atoms with Crippen molar-refractivity contribution in [3.63, 3.8) is 0 Å². The van der Waals surface area contributed by atoms with E-state index in [9.17, 15) is 4.79 Å². The highest BCUT2D eigenvalue weighted by molar-refractivity contribution is 5.87. The minimum absolute atomic E-state index is 0.276. The first-order valence-corrected chi connectivity index (χ1v) is 3.19. The zero-order valence-electron chi connectivity index (χ0n) is 6.09. The van der Waals surface area contributed by atoms with Gasteiger partial charge in [-0.15, -0.1) is 0 Å². The van der Waals surface area contributed by atoms with E-state index in [0.29, 0.717) is 12.2 Å². The number of hydrogen-bond donors (Lipinski definition) is 0. The minimum atomic E-state index is -0.287. The number of allylic oxidation sites excluding steroid dienone is 1. The molecule has 3 heteroatoms. The Bertz CT molecular complexity index is 168. The van der Waals surface area contributed by atoms with Crippen molar-refractivity contribution >= 4 is 5.97 Å². The first kappa shape index (κ1) is 7.28. The van der Waals surface area contributed by atoms with Gasteiger partial charge in [0.25, 0.3) is 0 Å². The van der Waals surface area contributed by atoms with Gasteiger partial charge in [-0.05, 0) is 13.8 Å². The Morgan fingerprint density at radius 2 is 2.40 bits per heavy atom. The SMILES string of the molecule is CC=C(C)C(=O)OC1CO1. The third kappa shape index (κ3) is 1.84. The summed E-state index contributed by atoms with van der Waals surface area (Å²) in [7, 11) is 0. The van der Waals surface area contributed by atoms with Gasteiger partial charge in [-0.3, -0.25) is 0 Å². The lowest BCUT2D eigenvalue weighted by atomic mass is 10.3. The Kier molecular flexibility index (Phi) is 2.06. The molecule has 1 unspecified atom stereocenters. The van der Waals surface area contributed by atoms with Crippen LogP contribution in [-0.2, 0) is 14.3 Å². The van der Waals surface area contributed by atoms with Gasteiger partial charge in [0.1, 0.15) is 6.61 Å². The Morgan fingerprint density at radius 3 is 2.80 bits per heavy atom. The van der Waals surface area contributed by atoms with Crippen molar-refractivity contribution in [1.82, 2.24) is 0 Å². The topological polar surface area (TPSA) is 38.8 Å². The zero-order chi connectivity index (χ0) is 7.56. The quantitative estimate of drug-likeness (QED) is 0.326. The van der Waals surface area contributed by atoms with Crippen molar-refractivity contribution in [1.29, 1.82) is 0 Å². The normalized spacial score (nSPS) is 24.2. The van der Waals surface area contributed by atoms with Gasteiger partial charge < -0.3 is 9.47 Å². The molecular formula is C7H10O3. The molecule has 56 valence electrons. The third-order valence-corrected chi connectivity index (χ3v) is 1.30. The van der Waals surface area contributed by atoms with E-state index in [-0.39, 0.29) is 12.3 Å². The lowest BCUT2D eigenvalue weighted by Gasteiger charge is -1.98. The van der Waals surface area contributed by atoms with Gasteiger partial charge in [0.2, 0.25) is 6.29 Å². The van der Waals surface area contributed by atoms with Crippen LogP contribution >= 0.6 is 0 Å². The van der Waals surface area contributed by atoms with E-state index in [1.165, 1.54) is 0 Å². The maximum atomic E-state index is 10.9. The Labute approximate surface area is 59.6 Å². The summed E-state index contributed by atoms with van der Waals surface area (Å²) in [6.45, 7) is 4.05. The zero-order valence-corrected chi connectivity index (χ0v) is 6.09. The van der Waals surface area contributed by atoms with Gasteiger partial charge >= 0.3 is 5.97 Å². The monoisotopic (exact) mass is 142 g/mol. The fourth-order valence-corrected chi connectivity index (χ4v) is 0.438. The fourth-order valence-electron chi connectivity index (χ4n) is 0.438. The van der Waals surface area contributed by atoms with Crippen molar-refractivity contribution in [2.24, 2.45) is 0 Å². The van der Waals surface area contributed by atoms with Crippen LogP contribution in [0.1, 0.15) is 13.8 Å². The van der Waals surface area contributed by atoms with Crippen molar-refractivity contribution in [2.45, 2.75) is 20.1 Å². The number of hydrogen-bond acceptors (Lipinski definition) is 3. The lowest BCUT2D eigenvalue weighted by molar-refractivity contribution is -0.143. The molecule has 1 atom stereocenters. The largest absolute Gasteiger partial charge is 0.430 e. The summed E-state index contributed by atoms with van der Waals surface area (Å²) in [5.74, 6) is -0.287. The highest BCUT2D eigenvalue weighted by Crippen LogP contribution is 2.12. The molecule has 1 aliphatic rings. The molecule has 10 heavy (non-hydrogen) atoms. The molecular weight excluding hydrogens is 132 g/mol. The number of ether oxygens (including phenoxy) is 2. The van der Waals surface area contributed by atoms with Gasteiger partial charge in [-0.1, -0.05) is 6.08 Å². The molecule has 1 rings (SSSR count). The smallest absolute Gasteiger partial charge is 0.335 e. The third-order valence-electron chi connectivity index (χ3n) is 1.30. The second-order valence-corrected chi connectivity index (χ2v) is 2.14. The van der Waals surface area contributed by atoms with Gasteiger partial charge in [0, 0.05) is 5.57 Å². The highest BCUT2D eigenvalue weighted by atomic mass is 16.8. The summed E-state index contributed by atoms with van der Waals surface area (Å²) in [5, 5.41) is 0. The average Bonchev–Trinajstić information content (AvgIpc) is 2.70. The molecule has 0 bridgehead atoms. The minimum Gasteiger partial charge on any atom is -0.430 e. The van der Waals surface area contributed by atoms with E-state index < -0.39 is 0 Å². The van der Waals surface area contributed by atoms with Gasteiger partial charge in [0.05, 0.1) is 0 Å².